The Morgan fingerprint density at radius 3 is 2.50 bits per heavy atom. The molecule has 1 saturated heterocycles. The van der Waals surface area contributed by atoms with Crippen molar-refractivity contribution in [2.45, 2.75) is 19.8 Å². The summed E-state index contributed by atoms with van der Waals surface area (Å²) in [5, 5.41) is 16.2. The molecular formula is C17H20N4O3. The van der Waals surface area contributed by atoms with E-state index in [-0.39, 0.29) is 11.9 Å². The third-order valence-electron chi connectivity index (χ3n) is 4.25. The molecule has 2 amide bonds. The minimum absolute atomic E-state index is 0.239. The van der Waals surface area contributed by atoms with E-state index in [0.717, 1.165) is 11.4 Å². The van der Waals surface area contributed by atoms with Crippen LogP contribution < -0.4 is 5.32 Å². The second-order valence-corrected chi connectivity index (χ2v) is 5.95. The monoisotopic (exact) mass is 328 g/mol. The number of anilines is 1. The highest BCUT2D eigenvalue weighted by atomic mass is 16.4. The molecule has 1 fully saturated rings. The van der Waals surface area contributed by atoms with Gasteiger partial charge in [-0.05, 0) is 31.9 Å². The van der Waals surface area contributed by atoms with Crippen molar-refractivity contribution in [3.8, 4) is 5.69 Å². The summed E-state index contributed by atoms with van der Waals surface area (Å²) >= 11 is 0. The van der Waals surface area contributed by atoms with Crippen molar-refractivity contribution < 1.29 is 14.7 Å². The molecule has 1 aliphatic rings. The van der Waals surface area contributed by atoms with E-state index in [1.807, 2.05) is 43.3 Å². The SMILES string of the molecule is Cc1cc(NC(=O)N2CCC(C(=O)O)CC2)nn1-c1ccccc1. The van der Waals surface area contributed by atoms with Crippen LogP contribution in [0.25, 0.3) is 5.69 Å². The molecular weight excluding hydrogens is 308 g/mol. The van der Waals surface area contributed by atoms with Crippen molar-refractivity contribution in [3.05, 3.63) is 42.1 Å². The van der Waals surface area contributed by atoms with Crippen LogP contribution in [0.15, 0.2) is 36.4 Å². The number of para-hydroxylation sites is 1. The summed E-state index contributed by atoms with van der Waals surface area (Å²) in [6.07, 6.45) is 0.973. The first-order valence-electron chi connectivity index (χ1n) is 7.95. The number of benzene rings is 1. The number of nitrogens with one attached hydrogen (secondary N) is 1. The lowest BCUT2D eigenvalue weighted by Gasteiger charge is -2.29. The van der Waals surface area contributed by atoms with E-state index < -0.39 is 5.97 Å². The Balaban J connectivity index is 1.65. The highest BCUT2D eigenvalue weighted by molar-refractivity contribution is 5.88. The van der Waals surface area contributed by atoms with E-state index in [1.54, 1.807) is 9.58 Å². The largest absolute Gasteiger partial charge is 0.481 e. The number of carbonyl (C=O) groups is 2. The number of aliphatic carboxylic acids is 1. The van der Waals surface area contributed by atoms with E-state index in [1.165, 1.54) is 0 Å². The van der Waals surface area contributed by atoms with Gasteiger partial charge in [0.1, 0.15) is 0 Å². The van der Waals surface area contributed by atoms with Crippen LogP contribution in [-0.2, 0) is 4.79 Å². The van der Waals surface area contributed by atoms with Crippen LogP contribution in [0.1, 0.15) is 18.5 Å². The Bertz CT molecular complexity index is 734. The summed E-state index contributed by atoms with van der Waals surface area (Å²) in [7, 11) is 0. The molecule has 0 spiro atoms. The molecule has 0 bridgehead atoms. The molecule has 126 valence electrons. The summed E-state index contributed by atoms with van der Waals surface area (Å²) in [6.45, 7) is 2.82. The van der Waals surface area contributed by atoms with Gasteiger partial charge in [0.05, 0.1) is 11.6 Å². The molecule has 0 atom stereocenters. The quantitative estimate of drug-likeness (QED) is 0.906. The minimum atomic E-state index is -0.785. The van der Waals surface area contributed by atoms with Crippen molar-refractivity contribution in [1.82, 2.24) is 14.7 Å². The molecule has 0 aliphatic carbocycles. The Labute approximate surface area is 139 Å². The fraction of sp³-hybridized carbons (Fsp3) is 0.353. The second-order valence-electron chi connectivity index (χ2n) is 5.95. The number of hydrogen-bond acceptors (Lipinski definition) is 3. The molecule has 2 N–H and O–H groups in total. The molecule has 7 heteroatoms. The van der Waals surface area contributed by atoms with E-state index in [2.05, 4.69) is 10.4 Å². The van der Waals surface area contributed by atoms with Crippen LogP contribution in [0.3, 0.4) is 0 Å². The summed E-state index contributed by atoms with van der Waals surface area (Å²) in [4.78, 5) is 24.9. The van der Waals surface area contributed by atoms with Gasteiger partial charge in [0, 0.05) is 24.8 Å². The Morgan fingerprint density at radius 2 is 1.88 bits per heavy atom. The molecule has 24 heavy (non-hydrogen) atoms. The van der Waals surface area contributed by atoms with Crippen molar-refractivity contribution in [1.29, 1.82) is 0 Å². The molecule has 3 rings (SSSR count). The first kappa shape index (κ1) is 16.0. The molecule has 0 saturated carbocycles. The van der Waals surface area contributed by atoms with Crippen LogP contribution in [0.2, 0.25) is 0 Å². The van der Waals surface area contributed by atoms with Crippen LogP contribution in [0, 0.1) is 12.8 Å². The average Bonchev–Trinajstić information content (AvgIpc) is 2.96. The molecule has 7 nitrogen and oxygen atoms in total. The second kappa shape index (κ2) is 6.74. The van der Waals surface area contributed by atoms with Gasteiger partial charge in [0.25, 0.3) is 0 Å². The van der Waals surface area contributed by atoms with E-state index in [0.29, 0.717) is 31.7 Å². The number of aryl methyl sites for hydroxylation is 1. The van der Waals surface area contributed by atoms with Crippen molar-refractivity contribution in [3.63, 3.8) is 0 Å². The number of rotatable bonds is 3. The van der Waals surface area contributed by atoms with Crippen LogP contribution in [-0.4, -0.2) is 44.9 Å². The first-order chi connectivity index (χ1) is 11.5. The van der Waals surface area contributed by atoms with Gasteiger partial charge in [-0.3, -0.25) is 10.1 Å². The van der Waals surface area contributed by atoms with Gasteiger partial charge in [0.2, 0.25) is 0 Å². The number of carboxylic acids is 1. The van der Waals surface area contributed by atoms with Gasteiger partial charge in [-0.1, -0.05) is 18.2 Å². The Hall–Kier alpha value is -2.83. The van der Waals surface area contributed by atoms with E-state index >= 15 is 0 Å². The number of urea groups is 1. The van der Waals surface area contributed by atoms with Gasteiger partial charge in [0.15, 0.2) is 5.82 Å². The fourth-order valence-electron chi connectivity index (χ4n) is 2.88. The lowest BCUT2D eigenvalue weighted by atomic mass is 9.97. The molecule has 0 unspecified atom stereocenters. The molecule has 1 aliphatic heterocycles. The summed E-state index contributed by atoms with van der Waals surface area (Å²) in [5.41, 5.74) is 1.85. The molecule has 2 heterocycles. The third kappa shape index (κ3) is 3.40. The van der Waals surface area contributed by atoms with Crippen molar-refractivity contribution in [2.75, 3.05) is 18.4 Å². The zero-order chi connectivity index (χ0) is 17.1. The van der Waals surface area contributed by atoms with Crippen LogP contribution in [0.5, 0.6) is 0 Å². The number of likely N-dealkylation sites (tertiary alicyclic amines) is 1. The van der Waals surface area contributed by atoms with E-state index in [4.69, 9.17) is 5.11 Å². The van der Waals surface area contributed by atoms with Crippen molar-refractivity contribution >= 4 is 17.8 Å². The number of hydrogen-bond donors (Lipinski definition) is 2. The lowest BCUT2D eigenvalue weighted by molar-refractivity contribution is -0.143. The standard InChI is InChI=1S/C17H20N4O3/c1-12-11-15(19-21(12)14-5-3-2-4-6-14)18-17(24)20-9-7-13(8-10-20)16(22)23/h2-6,11,13H,7-10H2,1H3,(H,22,23)(H,18,19,24). The number of carbonyl (C=O) groups excluding carboxylic acids is 1. The fourth-order valence-corrected chi connectivity index (χ4v) is 2.88. The number of nitrogens with zero attached hydrogens (tertiary/aromatic N) is 3. The predicted octanol–water partition coefficient (Wildman–Crippen LogP) is 2.51. The van der Waals surface area contributed by atoms with Gasteiger partial charge >= 0.3 is 12.0 Å². The number of amides is 2. The maximum absolute atomic E-state index is 12.3. The maximum atomic E-state index is 12.3. The Kier molecular flexibility index (Phi) is 4.50. The van der Waals surface area contributed by atoms with Gasteiger partial charge in [-0.25, -0.2) is 9.48 Å². The Morgan fingerprint density at radius 1 is 1.21 bits per heavy atom. The van der Waals surface area contributed by atoms with Crippen molar-refractivity contribution in [2.24, 2.45) is 5.92 Å². The van der Waals surface area contributed by atoms with Gasteiger partial charge in [-0.2, -0.15) is 0 Å². The van der Waals surface area contributed by atoms with Crippen LogP contribution >= 0.6 is 0 Å². The molecule has 1 aromatic heterocycles. The van der Waals surface area contributed by atoms with Gasteiger partial charge in [-0.15, -0.1) is 5.10 Å². The first-order valence-corrected chi connectivity index (χ1v) is 7.95. The third-order valence-corrected chi connectivity index (χ3v) is 4.25. The maximum Gasteiger partial charge on any atom is 0.323 e. The normalized spacial score (nSPS) is 15.3. The predicted molar refractivity (Wildman–Crippen MR) is 89.3 cm³/mol. The number of aromatic nitrogens is 2. The molecule has 0 radical (unpaired) electrons. The summed E-state index contributed by atoms with van der Waals surface area (Å²) < 4.78 is 1.77. The summed E-state index contributed by atoms with van der Waals surface area (Å²) in [5.74, 6) is -0.650. The zero-order valence-corrected chi connectivity index (χ0v) is 13.5. The topological polar surface area (TPSA) is 87.5 Å². The summed E-state index contributed by atoms with van der Waals surface area (Å²) in [6, 6.07) is 11.3. The molecule has 2 aromatic rings. The zero-order valence-electron chi connectivity index (χ0n) is 13.5. The highest BCUT2D eigenvalue weighted by Crippen LogP contribution is 2.19. The van der Waals surface area contributed by atoms with Crippen LogP contribution in [0.4, 0.5) is 10.6 Å². The lowest BCUT2D eigenvalue weighted by Crippen LogP contribution is -2.42. The van der Waals surface area contributed by atoms with Gasteiger partial charge < -0.3 is 10.0 Å². The number of carboxylic acid groups (broad SMARTS) is 1. The highest BCUT2D eigenvalue weighted by Gasteiger charge is 2.27. The average molecular weight is 328 g/mol. The smallest absolute Gasteiger partial charge is 0.323 e. The molecule has 1 aromatic carbocycles. The number of piperidine rings is 1. The van der Waals surface area contributed by atoms with E-state index in [9.17, 15) is 9.59 Å². The minimum Gasteiger partial charge on any atom is -0.481 e.